The summed E-state index contributed by atoms with van der Waals surface area (Å²) in [7, 11) is 0. The Morgan fingerprint density at radius 3 is 2.83 bits per heavy atom. The van der Waals surface area contributed by atoms with E-state index < -0.39 is 0 Å². The Hall–Kier alpha value is -0.890. The third-order valence-electron chi connectivity index (χ3n) is 3.32. The number of hydrogen-bond acceptors (Lipinski definition) is 2. The van der Waals surface area contributed by atoms with Crippen molar-refractivity contribution in [3.63, 3.8) is 0 Å². The van der Waals surface area contributed by atoms with Gasteiger partial charge < -0.3 is 5.32 Å². The van der Waals surface area contributed by atoms with Crippen molar-refractivity contribution in [1.29, 1.82) is 0 Å². The van der Waals surface area contributed by atoms with Gasteiger partial charge in [-0.2, -0.15) is 0 Å². The van der Waals surface area contributed by atoms with Crippen molar-refractivity contribution in [2.75, 3.05) is 13.1 Å². The molecule has 0 spiro atoms. The normalized spacial score (nSPS) is 37.8. The maximum absolute atomic E-state index is 4.05. The second-order valence-corrected chi connectivity index (χ2v) is 3.92. The summed E-state index contributed by atoms with van der Waals surface area (Å²) in [6.07, 6.45) is 5.18. The highest BCUT2D eigenvalue weighted by Crippen LogP contribution is 2.56. The lowest BCUT2D eigenvalue weighted by Gasteiger charge is -2.10. The van der Waals surface area contributed by atoms with Crippen LogP contribution in [-0.2, 0) is 5.41 Å². The molecule has 1 aromatic rings. The maximum atomic E-state index is 4.05. The van der Waals surface area contributed by atoms with Crippen LogP contribution in [0.4, 0.5) is 0 Å². The van der Waals surface area contributed by atoms with Gasteiger partial charge >= 0.3 is 0 Å². The molecular formula is C10H12N2. The summed E-state index contributed by atoms with van der Waals surface area (Å²) >= 11 is 0. The summed E-state index contributed by atoms with van der Waals surface area (Å²) in [4.78, 5) is 4.05. The van der Waals surface area contributed by atoms with Crippen LogP contribution >= 0.6 is 0 Å². The molecule has 0 aromatic carbocycles. The minimum Gasteiger partial charge on any atom is -0.316 e. The fourth-order valence-electron chi connectivity index (χ4n) is 2.47. The fraction of sp³-hybridized carbons (Fsp3) is 0.500. The van der Waals surface area contributed by atoms with Crippen molar-refractivity contribution in [3.05, 3.63) is 30.1 Å². The van der Waals surface area contributed by atoms with Crippen LogP contribution in [0.1, 0.15) is 12.0 Å². The Balaban J connectivity index is 2.00. The van der Waals surface area contributed by atoms with E-state index in [1.807, 2.05) is 12.4 Å². The zero-order valence-electron chi connectivity index (χ0n) is 6.96. The summed E-state index contributed by atoms with van der Waals surface area (Å²) in [5.74, 6) is 0.903. The molecule has 1 aromatic heterocycles. The number of rotatable bonds is 1. The van der Waals surface area contributed by atoms with Crippen LogP contribution in [0, 0.1) is 5.92 Å². The first-order chi connectivity index (χ1) is 5.92. The fourth-order valence-corrected chi connectivity index (χ4v) is 2.47. The van der Waals surface area contributed by atoms with Crippen LogP contribution in [0.15, 0.2) is 24.5 Å². The van der Waals surface area contributed by atoms with Gasteiger partial charge in [0.2, 0.25) is 0 Å². The number of pyridine rings is 1. The molecule has 3 rings (SSSR count). The van der Waals surface area contributed by atoms with Gasteiger partial charge in [-0.15, -0.1) is 0 Å². The summed E-state index contributed by atoms with van der Waals surface area (Å²) < 4.78 is 0. The highest BCUT2D eigenvalue weighted by Gasteiger charge is 2.57. The first-order valence-electron chi connectivity index (χ1n) is 4.53. The molecule has 2 fully saturated rings. The molecule has 1 aliphatic carbocycles. The van der Waals surface area contributed by atoms with Gasteiger partial charge in [0.25, 0.3) is 0 Å². The van der Waals surface area contributed by atoms with Crippen molar-refractivity contribution < 1.29 is 0 Å². The van der Waals surface area contributed by atoms with E-state index in [2.05, 4.69) is 22.4 Å². The first-order valence-corrected chi connectivity index (χ1v) is 4.53. The number of nitrogens with one attached hydrogen (secondary N) is 1. The molecule has 1 saturated heterocycles. The summed E-state index contributed by atoms with van der Waals surface area (Å²) in [6, 6.07) is 4.32. The first kappa shape index (κ1) is 6.61. The Labute approximate surface area is 72.0 Å². The number of fused-ring (bicyclic) bond motifs is 1. The van der Waals surface area contributed by atoms with E-state index in [1.165, 1.54) is 25.1 Å². The van der Waals surface area contributed by atoms with Crippen LogP contribution in [0.25, 0.3) is 0 Å². The zero-order chi connectivity index (χ0) is 8.02. The van der Waals surface area contributed by atoms with Crippen LogP contribution in [0.5, 0.6) is 0 Å². The molecule has 0 radical (unpaired) electrons. The molecular weight excluding hydrogens is 148 g/mol. The predicted molar refractivity (Wildman–Crippen MR) is 46.9 cm³/mol. The van der Waals surface area contributed by atoms with Gasteiger partial charge in [0.05, 0.1) is 0 Å². The van der Waals surface area contributed by atoms with Gasteiger partial charge in [-0.05, 0) is 36.6 Å². The number of hydrogen-bond donors (Lipinski definition) is 1. The monoisotopic (exact) mass is 160 g/mol. The number of piperidine rings is 1. The van der Waals surface area contributed by atoms with Crippen molar-refractivity contribution in [2.45, 2.75) is 11.8 Å². The van der Waals surface area contributed by atoms with E-state index in [-0.39, 0.29) is 0 Å². The lowest BCUT2D eigenvalue weighted by molar-refractivity contribution is 0.675. The quantitative estimate of drug-likeness (QED) is 0.661. The molecule has 1 aliphatic heterocycles. The minimum absolute atomic E-state index is 0.503. The van der Waals surface area contributed by atoms with E-state index in [4.69, 9.17) is 0 Å². The smallest absolute Gasteiger partial charge is 0.0270 e. The molecule has 2 atom stereocenters. The van der Waals surface area contributed by atoms with Gasteiger partial charge in [0.1, 0.15) is 0 Å². The Morgan fingerprint density at radius 1 is 1.42 bits per heavy atom. The summed E-state index contributed by atoms with van der Waals surface area (Å²) in [5.41, 5.74) is 1.98. The third-order valence-corrected chi connectivity index (χ3v) is 3.32. The molecule has 2 heterocycles. The van der Waals surface area contributed by atoms with Crippen LogP contribution in [-0.4, -0.2) is 18.1 Å². The second-order valence-electron chi connectivity index (χ2n) is 3.92. The topological polar surface area (TPSA) is 24.9 Å². The van der Waals surface area contributed by atoms with Crippen LogP contribution < -0.4 is 5.32 Å². The van der Waals surface area contributed by atoms with Crippen molar-refractivity contribution in [1.82, 2.24) is 10.3 Å². The average molecular weight is 160 g/mol. The molecule has 1 saturated carbocycles. The minimum atomic E-state index is 0.503. The highest BCUT2D eigenvalue weighted by atomic mass is 15.0. The number of nitrogens with zero attached hydrogens (tertiary/aromatic N) is 1. The standard InChI is InChI=1S/C10H12N2/c1-3-11-4-2-8(1)10-5-9(10)6-12-7-10/h1-4,9,12H,5-7H2. The largest absolute Gasteiger partial charge is 0.316 e. The SMILES string of the molecule is c1cc(C23CNCC2C3)ccn1. The second kappa shape index (κ2) is 2.07. The Kier molecular flexibility index (Phi) is 1.14. The van der Waals surface area contributed by atoms with Crippen LogP contribution in [0.3, 0.4) is 0 Å². The predicted octanol–water partition coefficient (Wildman–Crippen LogP) is 0.942. The van der Waals surface area contributed by atoms with Crippen LogP contribution in [0.2, 0.25) is 0 Å². The van der Waals surface area contributed by atoms with E-state index in [9.17, 15) is 0 Å². The van der Waals surface area contributed by atoms with Gasteiger partial charge in [0, 0.05) is 24.4 Å². The van der Waals surface area contributed by atoms with E-state index in [0.29, 0.717) is 5.41 Å². The van der Waals surface area contributed by atoms with E-state index in [1.54, 1.807) is 0 Å². The average Bonchev–Trinajstić information content (AvgIpc) is 2.72. The molecule has 2 unspecified atom stereocenters. The molecule has 2 nitrogen and oxygen atoms in total. The molecule has 0 amide bonds. The van der Waals surface area contributed by atoms with E-state index >= 15 is 0 Å². The van der Waals surface area contributed by atoms with Gasteiger partial charge in [-0.1, -0.05) is 0 Å². The summed E-state index contributed by atoms with van der Waals surface area (Å²) in [6.45, 7) is 2.38. The van der Waals surface area contributed by atoms with Crippen molar-refractivity contribution in [2.24, 2.45) is 5.92 Å². The van der Waals surface area contributed by atoms with Gasteiger partial charge in [-0.25, -0.2) is 0 Å². The van der Waals surface area contributed by atoms with Gasteiger partial charge in [-0.3, -0.25) is 4.98 Å². The van der Waals surface area contributed by atoms with Crippen molar-refractivity contribution in [3.8, 4) is 0 Å². The maximum Gasteiger partial charge on any atom is 0.0270 e. The molecule has 0 bridgehead atoms. The lowest BCUT2D eigenvalue weighted by Crippen LogP contribution is -2.19. The Morgan fingerprint density at radius 2 is 2.25 bits per heavy atom. The highest BCUT2D eigenvalue weighted by molar-refractivity contribution is 5.35. The molecule has 1 N–H and O–H groups in total. The van der Waals surface area contributed by atoms with E-state index in [0.717, 1.165) is 5.92 Å². The molecule has 2 aliphatic rings. The Bertz CT molecular complexity index is 296. The number of aromatic nitrogens is 1. The van der Waals surface area contributed by atoms with Gasteiger partial charge in [0.15, 0.2) is 0 Å². The molecule has 2 heteroatoms. The molecule has 12 heavy (non-hydrogen) atoms. The third kappa shape index (κ3) is 0.707. The van der Waals surface area contributed by atoms with Crippen molar-refractivity contribution >= 4 is 0 Å². The summed E-state index contributed by atoms with van der Waals surface area (Å²) in [5, 5.41) is 3.44. The lowest BCUT2D eigenvalue weighted by atomic mass is 9.96. The molecule has 62 valence electrons. The zero-order valence-corrected chi connectivity index (χ0v) is 6.96.